The van der Waals surface area contributed by atoms with E-state index in [1.807, 2.05) is 31.2 Å². The number of thiocarbonyl (C=S) groups is 1. The summed E-state index contributed by atoms with van der Waals surface area (Å²) in [5, 5.41) is 16.2. The zero-order chi connectivity index (χ0) is 16.8. The van der Waals surface area contributed by atoms with Crippen LogP contribution in [0.3, 0.4) is 0 Å². The van der Waals surface area contributed by atoms with Gasteiger partial charge in [0.15, 0.2) is 5.11 Å². The number of anilines is 1. The van der Waals surface area contributed by atoms with Crippen LogP contribution in [0.25, 0.3) is 0 Å². The number of para-hydroxylation sites is 2. The van der Waals surface area contributed by atoms with Crippen LogP contribution in [-0.4, -0.2) is 15.9 Å². The molecule has 0 aromatic heterocycles. The van der Waals surface area contributed by atoms with Gasteiger partial charge in [-0.2, -0.15) is 0 Å². The van der Waals surface area contributed by atoms with Crippen LogP contribution in [0.2, 0.25) is 0 Å². The van der Waals surface area contributed by atoms with Crippen molar-refractivity contribution in [3.8, 4) is 0 Å². The van der Waals surface area contributed by atoms with Crippen LogP contribution in [-0.2, 0) is 11.2 Å². The minimum atomic E-state index is -0.514. The highest BCUT2D eigenvalue weighted by Crippen LogP contribution is 2.22. The van der Waals surface area contributed by atoms with Gasteiger partial charge in [-0.1, -0.05) is 36.4 Å². The van der Waals surface area contributed by atoms with Crippen molar-refractivity contribution in [1.82, 2.24) is 5.32 Å². The highest BCUT2D eigenvalue weighted by Gasteiger charge is 2.14. The molecule has 0 spiro atoms. The molecule has 2 rings (SSSR count). The number of amides is 1. The van der Waals surface area contributed by atoms with Gasteiger partial charge in [0, 0.05) is 6.07 Å². The first-order chi connectivity index (χ1) is 11.0. The van der Waals surface area contributed by atoms with Gasteiger partial charge in [0.2, 0.25) is 5.91 Å². The summed E-state index contributed by atoms with van der Waals surface area (Å²) in [5.41, 5.74) is 2.04. The van der Waals surface area contributed by atoms with E-state index in [1.165, 1.54) is 12.1 Å². The largest absolute Gasteiger partial charge is 0.327 e. The quantitative estimate of drug-likeness (QED) is 0.512. The summed E-state index contributed by atoms with van der Waals surface area (Å²) in [6.45, 7) is 1.92. The molecule has 0 bridgehead atoms. The number of aryl methyl sites for hydroxylation is 1. The molecule has 6 nitrogen and oxygen atoms in total. The number of hydrogen-bond donors (Lipinski definition) is 2. The van der Waals surface area contributed by atoms with E-state index in [0.29, 0.717) is 0 Å². The Labute approximate surface area is 138 Å². The molecule has 0 aliphatic rings. The lowest BCUT2D eigenvalue weighted by atomic mass is 10.1. The Morgan fingerprint density at radius 2 is 1.83 bits per heavy atom. The topological polar surface area (TPSA) is 84.3 Å². The van der Waals surface area contributed by atoms with Crippen LogP contribution in [0.5, 0.6) is 0 Å². The van der Waals surface area contributed by atoms with Crippen molar-refractivity contribution in [3.63, 3.8) is 0 Å². The molecule has 0 aliphatic heterocycles. The molecular weight excluding hydrogens is 314 g/mol. The van der Waals surface area contributed by atoms with E-state index in [-0.39, 0.29) is 28.8 Å². The Balaban J connectivity index is 1.99. The van der Waals surface area contributed by atoms with Crippen molar-refractivity contribution in [1.29, 1.82) is 0 Å². The van der Waals surface area contributed by atoms with Gasteiger partial charge in [-0.3, -0.25) is 14.9 Å². The Bertz CT molecular complexity index is 762. The fourth-order valence-corrected chi connectivity index (χ4v) is 2.27. The third kappa shape index (κ3) is 4.58. The van der Waals surface area contributed by atoms with E-state index in [1.54, 1.807) is 12.1 Å². The number of nitrogens with zero attached hydrogens (tertiary/aromatic N) is 1. The van der Waals surface area contributed by atoms with Crippen LogP contribution in [0.4, 0.5) is 11.4 Å². The minimum Gasteiger partial charge on any atom is -0.327 e. The number of nitrogens with one attached hydrogen (secondary N) is 2. The van der Waals surface area contributed by atoms with E-state index in [4.69, 9.17) is 12.2 Å². The molecule has 2 aromatic rings. The van der Waals surface area contributed by atoms with Crippen LogP contribution >= 0.6 is 12.2 Å². The summed E-state index contributed by atoms with van der Waals surface area (Å²) in [4.78, 5) is 22.4. The first-order valence-electron chi connectivity index (χ1n) is 6.86. The Morgan fingerprint density at radius 3 is 2.52 bits per heavy atom. The molecule has 0 heterocycles. The molecule has 0 saturated carbocycles. The number of benzene rings is 2. The second kappa shape index (κ2) is 7.46. The van der Waals surface area contributed by atoms with E-state index in [0.717, 1.165) is 11.1 Å². The van der Waals surface area contributed by atoms with Gasteiger partial charge in [0.05, 0.1) is 11.3 Å². The maximum absolute atomic E-state index is 12.0. The highest BCUT2D eigenvalue weighted by atomic mass is 32.1. The average Bonchev–Trinajstić information content (AvgIpc) is 2.49. The van der Waals surface area contributed by atoms with E-state index in [2.05, 4.69) is 10.6 Å². The predicted octanol–water partition coefficient (Wildman–Crippen LogP) is 2.96. The maximum Gasteiger partial charge on any atom is 0.292 e. The first kappa shape index (κ1) is 16.6. The average molecular weight is 329 g/mol. The first-order valence-corrected chi connectivity index (χ1v) is 7.27. The summed E-state index contributed by atoms with van der Waals surface area (Å²) in [6, 6.07) is 13.6. The molecule has 0 saturated heterocycles. The standard InChI is InChI=1S/C16H15N3O3S/c1-11-6-2-3-7-12(11)10-15(20)18-16(23)17-13-8-4-5-9-14(13)19(21)22/h2-9H,10H2,1H3,(H2,17,18,20,23). The molecule has 2 N–H and O–H groups in total. The van der Waals surface area contributed by atoms with Crippen LogP contribution in [0, 0.1) is 17.0 Å². The number of rotatable bonds is 4. The van der Waals surface area contributed by atoms with Gasteiger partial charge < -0.3 is 10.6 Å². The van der Waals surface area contributed by atoms with Crippen molar-refractivity contribution in [2.75, 3.05) is 5.32 Å². The van der Waals surface area contributed by atoms with Crippen molar-refractivity contribution < 1.29 is 9.72 Å². The van der Waals surface area contributed by atoms with Crippen molar-refractivity contribution in [2.24, 2.45) is 0 Å². The number of hydrogen-bond acceptors (Lipinski definition) is 4. The van der Waals surface area contributed by atoms with E-state index < -0.39 is 4.92 Å². The fraction of sp³-hybridized carbons (Fsp3) is 0.125. The van der Waals surface area contributed by atoms with Crippen molar-refractivity contribution in [3.05, 3.63) is 69.8 Å². The summed E-state index contributed by atoms with van der Waals surface area (Å²) < 4.78 is 0. The highest BCUT2D eigenvalue weighted by molar-refractivity contribution is 7.80. The number of nitro benzene ring substituents is 1. The monoisotopic (exact) mass is 329 g/mol. The second-order valence-electron chi connectivity index (χ2n) is 4.88. The molecule has 1 amide bonds. The SMILES string of the molecule is Cc1ccccc1CC(=O)NC(=S)Nc1ccccc1[N+](=O)[O-]. The van der Waals surface area contributed by atoms with Crippen molar-refractivity contribution in [2.45, 2.75) is 13.3 Å². The fourth-order valence-electron chi connectivity index (χ4n) is 2.04. The zero-order valence-electron chi connectivity index (χ0n) is 12.4. The van der Waals surface area contributed by atoms with Gasteiger partial charge in [-0.05, 0) is 36.3 Å². The molecule has 0 radical (unpaired) electrons. The molecule has 2 aromatic carbocycles. The van der Waals surface area contributed by atoms with E-state index >= 15 is 0 Å². The molecule has 0 fully saturated rings. The zero-order valence-corrected chi connectivity index (χ0v) is 13.2. The predicted molar refractivity (Wildman–Crippen MR) is 92.3 cm³/mol. The minimum absolute atomic E-state index is 0.0258. The van der Waals surface area contributed by atoms with Crippen LogP contribution in [0.1, 0.15) is 11.1 Å². The lowest BCUT2D eigenvalue weighted by molar-refractivity contribution is -0.383. The summed E-state index contributed by atoms with van der Waals surface area (Å²) in [7, 11) is 0. The smallest absolute Gasteiger partial charge is 0.292 e. The second-order valence-corrected chi connectivity index (χ2v) is 5.29. The van der Waals surface area contributed by atoms with Gasteiger partial charge >= 0.3 is 0 Å². The molecule has 0 unspecified atom stereocenters. The molecule has 0 aliphatic carbocycles. The van der Waals surface area contributed by atoms with Gasteiger partial charge in [-0.15, -0.1) is 0 Å². The number of nitro groups is 1. The third-order valence-electron chi connectivity index (χ3n) is 3.21. The molecular formula is C16H15N3O3S. The summed E-state index contributed by atoms with van der Waals surface area (Å²) >= 11 is 5.04. The van der Waals surface area contributed by atoms with Gasteiger partial charge in [0.1, 0.15) is 5.69 Å². The maximum atomic E-state index is 12.0. The number of carbonyl (C=O) groups excluding carboxylic acids is 1. The van der Waals surface area contributed by atoms with Crippen LogP contribution < -0.4 is 10.6 Å². The van der Waals surface area contributed by atoms with Crippen LogP contribution in [0.15, 0.2) is 48.5 Å². The lowest BCUT2D eigenvalue weighted by Gasteiger charge is -2.10. The Morgan fingerprint density at radius 1 is 1.17 bits per heavy atom. The third-order valence-corrected chi connectivity index (χ3v) is 3.42. The van der Waals surface area contributed by atoms with Crippen molar-refractivity contribution >= 4 is 34.6 Å². The van der Waals surface area contributed by atoms with Gasteiger partial charge in [-0.25, -0.2) is 0 Å². The molecule has 118 valence electrons. The molecule has 0 atom stereocenters. The van der Waals surface area contributed by atoms with E-state index in [9.17, 15) is 14.9 Å². The normalized spacial score (nSPS) is 9.96. The molecule has 7 heteroatoms. The van der Waals surface area contributed by atoms with Gasteiger partial charge in [0.25, 0.3) is 5.69 Å². The lowest BCUT2D eigenvalue weighted by Crippen LogP contribution is -2.35. The summed E-state index contributed by atoms with van der Waals surface area (Å²) in [6.07, 6.45) is 0.186. The summed E-state index contributed by atoms with van der Waals surface area (Å²) in [5.74, 6) is -0.282. The Kier molecular flexibility index (Phi) is 5.37. The number of carbonyl (C=O) groups is 1. The Hall–Kier alpha value is -2.80. The molecule has 23 heavy (non-hydrogen) atoms.